The smallest absolute Gasteiger partial charge is 0.311 e. The average Bonchev–Trinajstić information content (AvgIpc) is 3.37. The van der Waals surface area contributed by atoms with Crippen LogP contribution in [0.25, 0.3) is 0 Å². The summed E-state index contributed by atoms with van der Waals surface area (Å²) in [6, 6.07) is 18.5. The van der Waals surface area contributed by atoms with E-state index in [2.05, 4.69) is 12.1 Å². The van der Waals surface area contributed by atoms with Gasteiger partial charge in [-0.25, -0.2) is 0 Å². The molecule has 1 aliphatic carbocycles. The van der Waals surface area contributed by atoms with Gasteiger partial charge < -0.3 is 19.3 Å². The van der Waals surface area contributed by atoms with Crippen molar-refractivity contribution in [3.63, 3.8) is 0 Å². The minimum absolute atomic E-state index is 0.131. The average molecular weight is 521 g/mol. The molecule has 37 heavy (non-hydrogen) atoms. The summed E-state index contributed by atoms with van der Waals surface area (Å²) in [6.07, 6.45) is 4.09. The number of methoxy groups -OCH3 is 1. The topological polar surface area (TPSA) is 82.1 Å². The van der Waals surface area contributed by atoms with E-state index in [-0.39, 0.29) is 5.78 Å². The number of carbonyl (C=O) groups is 2. The number of carbonyl (C=O) groups excluding carboxylic acids is 1. The summed E-state index contributed by atoms with van der Waals surface area (Å²) < 4.78 is 16.8. The molecule has 3 atom stereocenters. The van der Waals surface area contributed by atoms with Gasteiger partial charge in [-0.3, -0.25) is 9.59 Å². The lowest BCUT2D eigenvalue weighted by Crippen LogP contribution is -2.20. The van der Waals surface area contributed by atoms with E-state index in [0.29, 0.717) is 64.7 Å². The van der Waals surface area contributed by atoms with Gasteiger partial charge in [0, 0.05) is 23.6 Å². The summed E-state index contributed by atoms with van der Waals surface area (Å²) in [4.78, 5) is 24.5. The number of ether oxygens (including phenoxy) is 3. The molecule has 1 saturated carbocycles. The van der Waals surface area contributed by atoms with Crippen LogP contribution in [0.5, 0.6) is 23.0 Å². The van der Waals surface area contributed by atoms with Gasteiger partial charge in [-0.2, -0.15) is 0 Å². The van der Waals surface area contributed by atoms with Crippen LogP contribution in [0.3, 0.4) is 0 Å². The molecule has 7 heteroatoms. The molecule has 0 saturated heterocycles. The number of halogens is 1. The van der Waals surface area contributed by atoms with Gasteiger partial charge in [-0.05, 0) is 85.5 Å². The summed E-state index contributed by atoms with van der Waals surface area (Å²) in [5, 5.41) is 9.77. The molecule has 3 aromatic carbocycles. The third kappa shape index (κ3) is 5.59. The van der Waals surface area contributed by atoms with Gasteiger partial charge in [-0.15, -0.1) is 0 Å². The highest BCUT2D eigenvalue weighted by atomic mass is 35.5. The lowest BCUT2D eigenvalue weighted by atomic mass is 9.93. The summed E-state index contributed by atoms with van der Waals surface area (Å²) in [5.41, 5.74) is 2.52. The molecule has 3 aromatic rings. The number of rotatable bonds is 8. The SMILES string of the molecule is COc1ccc(C2CCC(CC(=O)c3ccc(Oc4cc5c(cc4Cl)C(C(=O)O)CCO5)cc3)C2)cc1. The first-order valence-corrected chi connectivity index (χ1v) is 12.9. The van der Waals surface area contributed by atoms with Gasteiger partial charge in [0.15, 0.2) is 5.78 Å². The number of fused-ring (bicyclic) bond motifs is 1. The van der Waals surface area contributed by atoms with E-state index in [1.807, 2.05) is 12.1 Å². The third-order valence-electron chi connectivity index (χ3n) is 7.41. The van der Waals surface area contributed by atoms with Crippen molar-refractivity contribution in [3.8, 4) is 23.0 Å². The second-order valence-electron chi connectivity index (χ2n) is 9.75. The molecule has 0 radical (unpaired) electrons. The Bertz CT molecular complexity index is 1280. The van der Waals surface area contributed by atoms with Crippen molar-refractivity contribution in [2.24, 2.45) is 5.92 Å². The Morgan fingerprint density at radius 3 is 2.43 bits per heavy atom. The van der Waals surface area contributed by atoms with Crippen molar-refractivity contribution in [2.75, 3.05) is 13.7 Å². The Hall–Kier alpha value is -3.51. The fourth-order valence-electron chi connectivity index (χ4n) is 5.38. The van der Waals surface area contributed by atoms with E-state index >= 15 is 0 Å². The van der Waals surface area contributed by atoms with E-state index < -0.39 is 11.9 Å². The molecular weight excluding hydrogens is 492 g/mol. The van der Waals surface area contributed by atoms with E-state index in [0.717, 1.165) is 25.0 Å². The Labute approximate surface area is 221 Å². The number of aliphatic carboxylic acids is 1. The van der Waals surface area contributed by atoms with E-state index in [1.54, 1.807) is 43.5 Å². The maximum atomic E-state index is 13.0. The number of carboxylic acid groups (broad SMARTS) is 1. The largest absolute Gasteiger partial charge is 0.497 e. The molecule has 0 aromatic heterocycles. The Kier molecular flexibility index (Phi) is 7.38. The van der Waals surface area contributed by atoms with Crippen molar-refractivity contribution in [1.29, 1.82) is 0 Å². The van der Waals surface area contributed by atoms with Crippen molar-refractivity contribution in [1.82, 2.24) is 0 Å². The molecule has 6 nitrogen and oxygen atoms in total. The zero-order valence-electron chi connectivity index (χ0n) is 20.6. The number of benzene rings is 3. The molecule has 1 aliphatic heterocycles. The Balaban J connectivity index is 1.20. The summed E-state index contributed by atoms with van der Waals surface area (Å²) in [6.45, 7) is 0.323. The van der Waals surface area contributed by atoms with Crippen LogP contribution >= 0.6 is 11.6 Å². The van der Waals surface area contributed by atoms with Gasteiger partial charge in [0.2, 0.25) is 0 Å². The predicted molar refractivity (Wildman–Crippen MR) is 140 cm³/mol. The maximum Gasteiger partial charge on any atom is 0.311 e. The van der Waals surface area contributed by atoms with Crippen molar-refractivity contribution < 1.29 is 28.9 Å². The number of hydrogen-bond donors (Lipinski definition) is 1. The van der Waals surface area contributed by atoms with Crippen molar-refractivity contribution in [2.45, 2.75) is 43.9 Å². The van der Waals surface area contributed by atoms with Crippen LogP contribution in [0.1, 0.15) is 65.4 Å². The Morgan fingerprint density at radius 2 is 1.73 bits per heavy atom. The standard InChI is InChI=1S/C30H29ClO6/c1-35-22-8-4-19(5-9-22)21-3-2-18(14-21)15-27(32)20-6-10-23(11-7-20)37-29-17-28-25(16-26(29)31)24(30(33)34)12-13-36-28/h4-11,16-18,21,24H,2-3,12-15H2,1H3,(H,33,34). The van der Waals surface area contributed by atoms with E-state index in [4.69, 9.17) is 25.8 Å². The first-order valence-electron chi connectivity index (χ1n) is 12.6. The fourth-order valence-corrected chi connectivity index (χ4v) is 5.59. The van der Waals surface area contributed by atoms with Crippen molar-refractivity contribution in [3.05, 3.63) is 82.4 Å². The lowest BCUT2D eigenvalue weighted by molar-refractivity contribution is -0.139. The zero-order chi connectivity index (χ0) is 25.9. The first-order chi connectivity index (χ1) is 17.9. The molecule has 0 bridgehead atoms. The van der Waals surface area contributed by atoms with Crippen LogP contribution < -0.4 is 14.2 Å². The summed E-state index contributed by atoms with van der Waals surface area (Å²) in [5.74, 6) is 1.67. The minimum atomic E-state index is -0.900. The van der Waals surface area contributed by atoms with E-state index in [1.165, 1.54) is 5.56 Å². The second kappa shape index (κ2) is 10.9. The number of carboxylic acids is 1. The molecule has 3 unspecified atom stereocenters. The van der Waals surface area contributed by atoms with Crippen LogP contribution in [0.15, 0.2) is 60.7 Å². The molecular formula is C30H29ClO6. The van der Waals surface area contributed by atoms with Gasteiger partial charge in [-0.1, -0.05) is 23.7 Å². The second-order valence-corrected chi connectivity index (χ2v) is 10.2. The maximum absolute atomic E-state index is 13.0. The molecule has 0 spiro atoms. The molecule has 0 amide bonds. The highest BCUT2D eigenvalue weighted by Gasteiger charge is 2.30. The molecule has 5 rings (SSSR count). The highest BCUT2D eigenvalue weighted by Crippen LogP contribution is 2.43. The Morgan fingerprint density at radius 1 is 1.00 bits per heavy atom. The number of hydrogen-bond acceptors (Lipinski definition) is 5. The fraction of sp³-hybridized carbons (Fsp3) is 0.333. The molecule has 1 fully saturated rings. The molecule has 192 valence electrons. The molecule has 1 heterocycles. The van der Waals surface area contributed by atoms with Gasteiger partial charge in [0.05, 0.1) is 24.7 Å². The third-order valence-corrected chi connectivity index (χ3v) is 7.70. The quantitative estimate of drug-likeness (QED) is 0.315. The first kappa shape index (κ1) is 25.2. The monoisotopic (exact) mass is 520 g/mol. The number of Topliss-reactive ketones (excluding diaryl/α,β-unsaturated/α-hetero) is 1. The lowest BCUT2D eigenvalue weighted by Gasteiger charge is -2.24. The van der Waals surface area contributed by atoms with Gasteiger partial charge in [0.25, 0.3) is 0 Å². The summed E-state index contributed by atoms with van der Waals surface area (Å²) in [7, 11) is 1.67. The van der Waals surface area contributed by atoms with Crippen LogP contribution in [-0.4, -0.2) is 30.6 Å². The van der Waals surface area contributed by atoms with Gasteiger partial charge >= 0.3 is 5.97 Å². The van der Waals surface area contributed by atoms with Crippen LogP contribution in [-0.2, 0) is 4.79 Å². The van der Waals surface area contributed by atoms with Gasteiger partial charge in [0.1, 0.15) is 23.0 Å². The number of ketones is 1. The van der Waals surface area contributed by atoms with Crippen molar-refractivity contribution >= 4 is 23.4 Å². The normalized spacial score (nSPS) is 20.5. The van der Waals surface area contributed by atoms with E-state index in [9.17, 15) is 14.7 Å². The summed E-state index contributed by atoms with van der Waals surface area (Å²) >= 11 is 6.40. The van der Waals surface area contributed by atoms with Crippen LogP contribution in [0, 0.1) is 5.92 Å². The zero-order valence-corrected chi connectivity index (χ0v) is 21.4. The predicted octanol–water partition coefficient (Wildman–Crippen LogP) is 7.25. The van der Waals surface area contributed by atoms with Crippen LogP contribution in [0.4, 0.5) is 0 Å². The highest BCUT2D eigenvalue weighted by molar-refractivity contribution is 6.32. The molecule has 2 aliphatic rings. The molecule has 1 N–H and O–H groups in total. The minimum Gasteiger partial charge on any atom is -0.497 e. The van der Waals surface area contributed by atoms with Crippen LogP contribution in [0.2, 0.25) is 5.02 Å².